The zero-order valence-electron chi connectivity index (χ0n) is 16.0. The number of furan rings is 1. The molecule has 6 heteroatoms. The van der Waals surface area contributed by atoms with Gasteiger partial charge in [-0.3, -0.25) is 9.59 Å². The summed E-state index contributed by atoms with van der Waals surface area (Å²) in [6, 6.07) is 8.69. The maximum Gasteiger partial charge on any atom is 0.287 e. The molecule has 1 atom stereocenters. The van der Waals surface area contributed by atoms with Crippen molar-refractivity contribution in [3.8, 4) is 5.75 Å². The third-order valence-electron chi connectivity index (χ3n) is 4.78. The third-order valence-corrected chi connectivity index (χ3v) is 4.78. The van der Waals surface area contributed by atoms with Gasteiger partial charge in [-0.25, -0.2) is 0 Å². The number of fused-ring (bicyclic) bond motifs is 1. The van der Waals surface area contributed by atoms with Crippen molar-refractivity contribution in [3.05, 3.63) is 53.5 Å². The van der Waals surface area contributed by atoms with E-state index in [1.54, 1.807) is 12.1 Å². The molecule has 0 bridgehead atoms. The summed E-state index contributed by atoms with van der Waals surface area (Å²) in [6.07, 6.45) is 2.24. The van der Waals surface area contributed by atoms with E-state index < -0.39 is 6.04 Å². The SMILES string of the molecule is CCOc1ccc2c(c1)CN(C(=O)[C@@H](NC(=O)c1ccco1)C(C)C)CC2. The Hall–Kier alpha value is -2.76. The average Bonchev–Trinajstić information content (AvgIpc) is 3.20. The molecule has 2 aromatic rings. The van der Waals surface area contributed by atoms with Crippen LogP contribution in [0.25, 0.3) is 0 Å². The molecule has 2 heterocycles. The summed E-state index contributed by atoms with van der Waals surface area (Å²) in [6.45, 7) is 7.57. The maximum atomic E-state index is 13.1. The summed E-state index contributed by atoms with van der Waals surface area (Å²) in [7, 11) is 0. The first kappa shape index (κ1) is 19.0. The molecule has 27 heavy (non-hydrogen) atoms. The molecule has 6 nitrogen and oxygen atoms in total. The first-order valence-electron chi connectivity index (χ1n) is 9.37. The van der Waals surface area contributed by atoms with Crippen LogP contribution in [0.3, 0.4) is 0 Å². The molecule has 0 saturated heterocycles. The normalized spacial score (nSPS) is 14.6. The van der Waals surface area contributed by atoms with Gasteiger partial charge in [0.2, 0.25) is 5.91 Å². The van der Waals surface area contributed by atoms with Gasteiger partial charge in [-0.1, -0.05) is 19.9 Å². The van der Waals surface area contributed by atoms with Crippen molar-refractivity contribution >= 4 is 11.8 Å². The van der Waals surface area contributed by atoms with Crippen LogP contribution in [-0.4, -0.2) is 35.9 Å². The van der Waals surface area contributed by atoms with Gasteiger partial charge in [0.25, 0.3) is 5.91 Å². The first-order chi connectivity index (χ1) is 13.0. The van der Waals surface area contributed by atoms with Gasteiger partial charge in [0.05, 0.1) is 12.9 Å². The van der Waals surface area contributed by atoms with Crippen molar-refractivity contribution in [2.24, 2.45) is 5.92 Å². The van der Waals surface area contributed by atoms with Gasteiger partial charge in [0.1, 0.15) is 11.8 Å². The standard InChI is InChI=1S/C21H26N2O4/c1-4-26-17-8-7-15-9-10-23(13-16(15)12-17)21(25)19(14(2)3)22-20(24)18-6-5-11-27-18/h5-8,11-12,14,19H,4,9-10,13H2,1-3H3,(H,22,24)/t19-/m0/s1. The Kier molecular flexibility index (Phi) is 5.84. The van der Waals surface area contributed by atoms with Crippen molar-refractivity contribution in [2.75, 3.05) is 13.2 Å². The number of ether oxygens (including phenoxy) is 1. The zero-order valence-corrected chi connectivity index (χ0v) is 16.0. The maximum absolute atomic E-state index is 13.1. The third kappa shape index (κ3) is 4.32. The van der Waals surface area contributed by atoms with Crippen LogP contribution >= 0.6 is 0 Å². The molecule has 0 radical (unpaired) electrons. The Morgan fingerprint density at radius 2 is 2.07 bits per heavy atom. The van der Waals surface area contributed by atoms with Crippen molar-refractivity contribution < 1.29 is 18.7 Å². The molecule has 1 aromatic heterocycles. The van der Waals surface area contributed by atoms with E-state index in [1.807, 2.05) is 37.8 Å². The Balaban J connectivity index is 1.73. The van der Waals surface area contributed by atoms with Gasteiger partial charge in [-0.15, -0.1) is 0 Å². The average molecular weight is 370 g/mol. The van der Waals surface area contributed by atoms with Gasteiger partial charge in [0.15, 0.2) is 5.76 Å². The number of hydrogen-bond donors (Lipinski definition) is 1. The van der Waals surface area contributed by atoms with Crippen LogP contribution in [0.15, 0.2) is 41.0 Å². The first-order valence-corrected chi connectivity index (χ1v) is 9.37. The van der Waals surface area contributed by atoms with E-state index in [2.05, 4.69) is 11.4 Å². The molecular formula is C21H26N2O4. The van der Waals surface area contributed by atoms with E-state index in [0.717, 1.165) is 17.7 Å². The molecular weight excluding hydrogens is 344 g/mol. The van der Waals surface area contributed by atoms with Crippen LogP contribution in [0, 0.1) is 5.92 Å². The molecule has 1 aliphatic heterocycles. The van der Waals surface area contributed by atoms with E-state index >= 15 is 0 Å². The predicted molar refractivity (Wildman–Crippen MR) is 102 cm³/mol. The van der Waals surface area contributed by atoms with E-state index in [-0.39, 0.29) is 23.5 Å². The van der Waals surface area contributed by atoms with Crippen molar-refractivity contribution in [3.63, 3.8) is 0 Å². The number of nitrogens with zero attached hydrogens (tertiary/aromatic N) is 1. The van der Waals surface area contributed by atoms with Gasteiger partial charge in [-0.05, 0) is 54.7 Å². The minimum Gasteiger partial charge on any atom is -0.494 e. The monoisotopic (exact) mass is 370 g/mol. The molecule has 0 spiro atoms. The molecule has 1 aromatic carbocycles. The topological polar surface area (TPSA) is 71.8 Å². The summed E-state index contributed by atoms with van der Waals surface area (Å²) in [5.41, 5.74) is 2.34. The van der Waals surface area contributed by atoms with E-state index in [0.29, 0.717) is 19.7 Å². The molecule has 1 N–H and O–H groups in total. The van der Waals surface area contributed by atoms with Gasteiger partial charge >= 0.3 is 0 Å². The van der Waals surface area contributed by atoms with Gasteiger partial charge < -0.3 is 19.4 Å². The van der Waals surface area contributed by atoms with Gasteiger partial charge in [0, 0.05) is 13.1 Å². The molecule has 0 fully saturated rings. The highest BCUT2D eigenvalue weighted by Gasteiger charge is 2.31. The number of amides is 2. The lowest BCUT2D eigenvalue weighted by Crippen LogP contribution is -2.52. The molecule has 1 aliphatic rings. The van der Waals surface area contributed by atoms with Crippen molar-refractivity contribution in [1.82, 2.24) is 10.2 Å². The second kappa shape index (κ2) is 8.29. The largest absolute Gasteiger partial charge is 0.494 e. The Labute approximate surface area is 159 Å². The number of carbonyl (C=O) groups is 2. The Morgan fingerprint density at radius 1 is 1.26 bits per heavy atom. The summed E-state index contributed by atoms with van der Waals surface area (Å²) in [5, 5.41) is 2.82. The number of carbonyl (C=O) groups excluding carboxylic acids is 2. The highest BCUT2D eigenvalue weighted by atomic mass is 16.5. The smallest absolute Gasteiger partial charge is 0.287 e. The minimum absolute atomic E-state index is 0.0347. The van der Waals surface area contributed by atoms with Crippen molar-refractivity contribution in [2.45, 2.75) is 39.8 Å². The van der Waals surface area contributed by atoms with Crippen LogP contribution in [0.2, 0.25) is 0 Å². The van der Waals surface area contributed by atoms with Crippen LogP contribution in [0.5, 0.6) is 5.75 Å². The number of benzene rings is 1. The number of rotatable bonds is 6. The number of hydrogen-bond acceptors (Lipinski definition) is 4. The van der Waals surface area contributed by atoms with Crippen LogP contribution in [-0.2, 0) is 17.8 Å². The lowest BCUT2D eigenvalue weighted by Gasteiger charge is -2.33. The molecule has 2 amide bonds. The summed E-state index contributed by atoms with van der Waals surface area (Å²) in [4.78, 5) is 27.3. The lowest BCUT2D eigenvalue weighted by atomic mass is 9.96. The fourth-order valence-corrected chi connectivity index (χ4v) is 3.31. The minimum atomic E-state index is -0.598. The van der Waals surface area contributed by atoms with Crippen molar-refractivity contribution in [1.29, 1.82) is 0 Å². The predicted octanol–water partition coefficient (Wildman–Crippen LogP) is 3.02. The fraction of sp³-hybridized carbons (Fsp3) is 0.429. The van der Waals surface area contributed by atoms with Gasteiger partial charge in [-0.2, -0.15) is 0 Å². The highest BCUT2D eigenvalue weighted by molar-refractivity contribution is 5.95. The second-order valence-electron chi connectivity index (χ2n) is 7.05. The molecule has 3 rings (SSSR count). The Morgan fingerprint density at radius 3 is 2.74 bits per heavy atom. The number of nitrogens with one attached hydrogen (secondary N) is 1. The summed E-state index contributed by atoms with van der Waals surface area (Å²) in [5.74, 6) is 0.545. The Bertz CT molecular complexity index is 799. The highest BCUT2D eigenvalue weighted by Crippen LogP contribution is 2.25. The summed E-state index contributed by atoms with van der Waals surface area (Å²) < 4.78 is 10.7. The van der Waals surface area contributed by atoms with E-state index in [9.17, 15) is 9.59 Å². The zero-order chi connectivity index (χ0) is 19.4. The molecule has 0 saturated carbocycles. The molecule has 0 unspecified atom stereocenters. The van der Waals surface area contributed by atoms with E-state index in [4.69, 9.17) is 9.15 Å². The molecule has 0 aliphatic carbocycles. The van der Waals surface area contributed by atoms with Crippen LogP contribution in [0.4, 0.5) is 0 Å². The van der Waals surface area contributed by atoms with Crippen LogP contribution in [0.1, 0.15) is 42.5 Å². The molecule has 144 valence electrons. The van der Waals surface area contributed by atoms with Crippen LogP contribution < -0.4 is 10.1 Å². The lowest BCUT2D eigenvalue weighted by molar-refractivity contribution is -0.135. The van der Waals surface area contributed by atoms with E-state index in [1.165, 1.54) is 11.8 Å². The fourth-order valence-electron chi connectivity index (χ4n) is 3.31. The second-order valence-corrected chi connectivity index (χ2v) is 7.05. The quantitative estimate of drug-likeness (QED) is 0.848. The summed E-state index contributed by atoms with van der Waals surface area (Å²) >= 11 is 0.